The van der Waals surface area contributed by atoms with E-state index in [1.54, 1.807) is 35.3 Å². The number of carbonyl (C=O) groups is 1. The maximum Gasteiger partial charge on any atom is 0.255 e. The smallest absolute Gasteiger partial charge is 0.255 e. The molecule has 5 rings (SSSR count). The van der Waals surface area contributed by atoms with Crippen molar-refractivity contribution in [3.63, 3.8) is 0 Å². The third kappa shape index (κ3) is 5.23. The van der Waals surface area contributed by atoms with Gasteiger partial charge in [0.05, 0.1) is 30.5 Å². The Labute approximate surface area is 209 Å². The molecule has 8 nitrogen and oxygen atoms in total. The Kier molecular flexibility index (Phi) is 6.69. The van der Waals surface area contributed by atoms with Crippen LogP contribution in [0.4, 0.5) is 5.82 Å². The van der Waals surface area contributed by atoms with Gasteiger partial charge in [0.1, 0.15) is 11.6 Å². The number of nitrogens with zero attached hydrogens (tertiary/aromatic N) is 3. The van der Waals surface area contributed by atoms with Crippen molar-refractivity contribution < 1.29 is 14.6 Å². The molecule has 2 aromatic heterocycles. The highest BCUT2D eigenvalue weighted by Gasteiger charge is 2.30. The minimum absolute atomic E-state index is 0.0888. The maximum absolute atomic E-state index is 13.1. The second-order valence-electron chi connectivity index (χ2n) is 9.17. The summed E-state index contributed by atoms with van der Waals surface area (Å²) in [6, 6.07) is 16.9. The maximum atomic E-state index is 13.1. The van der Waals surface area contributed by atoms with Gasteiger partial charge >= 0.3 is 0 Å². The number of hydrogen-bond acceptors (Lipinski definition) is 6. The molecular weight excluding hydrogens is 454 g/mol. The second kappa shape index (κ2) is 10.2. The Morgan fingerprint density at radius 3 is 2.67 bits per heavy atom. The summed E-state index contributed by atoms with van der Waals surface area (Å²) in [5, 5.41) is 17.1. The Hall–Kier alpha value is -4.17. The summed E-state index contributed by atoms with van der Waals surface area (Å²) in [5.74, 6) is 0.178. The van der Waals surface area contributed by atoms with Gasteiger partial charge in [-0.25, -0.2) is 4.98 Å². The molecule has 0 aliphatic heterocycles. The summed E-state index contributed by atoms with van der Waals surface area (Å²) in [6.07, 6.45) is 7.85. The second-order valence-corrected chi connectivity index (χ2v) is 9.17. The molecule has 36 heavy (non-hydrogen) atoms. The first kappa shape index (κ1) is 23.6. The zero-order chi connectivity index (χ0) is 25.1. The predicted molar refractivity (Wildman–Crippen MR) is 138 cm³/mol. The molecule has 4 aromatic rings. The molecule has 8 heteroatoms. The molecule has 184 valence electrons. The van der Waals surface area contributed by atoms with Crippen molar-refractivity contribution in [2.75, 3.05) is 5.73 Å². The van der Waals surface area contributed by atoms with Crippen LogP contribution in [0.1, 0.15) is 35.2 Å². The van der Waals surface area contributed by atoms with E-state index < -0.39 is 0 Å². The molecule has 0 unspecified atom stereocenters. The van der Waals surface area contributed by atoms with Gasteiger partial charge in [0, 0.05) is 30.6 Å². The first-order chi connectivity index (χ1) is 17.5. The zero-order valence-corrected chi connectivity index (χ0v) is 20.1. The highest BCUT2D eigenvalue weighted by molar-refractivity contribution is 5.99. The number of aromatic nitrogens is 3. The Balaban J connectivity index is 1.24. The summed E-state index contributed by atoms with van der Waals surface area (Å²) in [6.45, 7) is 0.434. The van der Waals surface area contributed by atoms with Crippen LogP contribution in [-0.2, 0) is 18.4 Å². The molecule has 4 N–H and O–H groups in total. The van der Waals surface area contributed by atoms with E-state index in [0.717, 1.165) is 47.1 Å². The first-order valence-electron chi connectivity index (χ1n) is 12.0. The molecule has 0 radical (unpaired) electrons. The average Bonchev–Trinajstić information content (AvgIpc) is 3.52. The number of nitrogen functional groups attached to an aromatic ring is 1. The fraction of sp³-hybridized carbons (Fsp3) is 0.250. The summed E-state index contributed by atoms with van der Waals surface area (Å²) in [7, 11) is 1.84. The highest BCUT2D eigenvalue weighted by atomic mass is 16.5. The van der Waals surface area contributed by atoms with Gasteiger partial charge in [0.25, 0.3) is 5.91 Å². The fourth-order valence-corrected chi connectivity index (χ4v) is 4.65. The first-order valence-corrected chi connectivity index (χ1v) is 12.0. The summed E-state index contributed by atoms with van der Waals surface area (Å²) >= 11 is 0. The number of phenols is 1. The van der Waals surface area contributed by atoms with Crippen molar-refractivity contribution in [1.29, 1.82) is 0 Å². The number of benzene rings is 2. The molecule has 1 aliphatic rings. The van der Waals surface area contributed by atoms with Crippen LogP contribution in [0.25, 0.3) is 22.3 Å². The van der Waals surface area contributed by atoms with Crippen molar-refractivity contribution in [1.82, 2.24) is 20.1 Å². The number of aromatic hydroxyl groups is 1. The number of rotatable bonds is 7. The number of amides is 1. The number of anilines is 1. The predicted octanol–water partition coefficient (Wildman–Crippen LogP) is 4.30. The number of ether oxygens (including phenoxy) is 1. The van der Waals surface area contributed by atoms with Gasteiger partial charge in [-0.05, 0) is 60.2 Å². The molecule has 1 saturated carbocycles. The summed E-state index contributed by atoms with van der Waals surface area (Å²) in [5.41, 5.74) is 11.0. The molecular formula is C28H29N5O3. The summed E-state index contributed by atoms with van der Waals surface area (Å²) < 4.78 is 7.96. The van der Waals surface area contributed by atoms with Crippen LogP contribution in [0.3, 0.4) is 0 Å². The lowest BCUT2D eigenvalue weighted by atomic mass is 10.0. The molecule has 0 saturated heterocycles. The minimum atomic E-state index is -0.253. The van der Waals surface area contributed by atoms with E-state index in [2.05, 4.69) is 21.5 Å². The Morgan fingerprint density at radius 1 is 1.08 bits per heavy atom. The van der Waals surface area contributed by atoms with Crippen LogP contribution < -0.4 is 11.1 Å². The lowest BCUT2D eigenvalue weighted by Crippen LogP contribution is -2.41. The number of nitrogens with two attached hydrogens (primary N) is 1. The van der Waals surface area contributed by atoms with Crippen molar-refractivity contribution in [2.45, 2.75) is 38.0 Å². The lowest BCUT2D eigenvalue weighted by molar-refractivity contribution is 0.0272. The van der Waals surface area contributed by atoms with E-state index in [1.807, 2.05) is 43.6 Å². The highest BCUT2D eigenvalue weighted by Crippen LogP contribution is 2.27. The Bertz CT molecular complexity index is 1380. The van der Waals surface area contributed by atoms with Gasteiger partial charge in [-0.2, -0.15) is 5.10 Å². The van der Waals surface area contributed by atoms with E-state index in [9.17, 15) is 9.90 Å². The third-order valence-corrected chi connectivity index (χ3v) is 6.54. The number of aryl methyl sites for hydroxylation is 1. The van der Waals surface area contributed by atoms with E-state index in [4.69, 9.17) is 10.5 Å². The molecule has 0 spiro atoms. The molecule has 1 amide bonds. The largest absolute Gasteiger partial charge is 0.508 e. The molecule has 1 fully saturated rings. The van der Waals surface area contributed by atoms with Crippen LogP contribution in [0.5, 0.6) is 5.75 Å². The van der Waals surface area contributed by atoms with E-state index in [0.29, 0.717) is 12.2 Å². The van der Waals surface area contributed by atoms with Gasteiger partial charge in [-0.3, -0.25) is 9.48 Å². The number of carbonyl (C=O) groups excluding carboxylic acids is 1. The van der Waals surface area contributed by atoms with Gasteiger partial charge in [-0.15, -0.1) is 0 Å². The van der Waals surface area contributed by atoms with Gasteiger partial charge in [0.2, 0.25) is 0 Å². The van der Waals surface area contributed by atoms with Crippen LogP contribution in [0.15, 0.2) is 73.2 Å². The molecule has 2 atom stereocenters. The van der Waals surface area contributed by atoms with Gasteiger partial charge < -0.3 is 20.9 Å². The minimum Gasteiger partial charge on any atom is -0.508 e. The number of nitrogens with one attached hydrogen (secondary N) is 1. The topological polar surface area (TPSA) is 115 Å². The fourth-order valence-electron chi connectivity index (χ4n) is 4.65. The number of phenolic OH excluding ortho intramolecular Hbond substituents is 1. The van der Waals surface area contributed by atoms with Crippen molar-refractivity contribution in [3.05, 3.63) is 84.3 Å². The third-order valence-electron chi connectivity index (χ3n) is 6.54. The zero-order valence-electron chi connectivity index (χ0n) is 20.1. The molecule has 2 heterocycles. The Morgan fingerprint density at radius 2 is 1.89 bits per heavy atom. The SMILES string of the molecule is Cn1cc(-c2cnc(N)c(C(=O)N[C@H]3CCC[C@@H]3OCc3cccc(-c4cccc(O)c4)c3)c2)cn1. The van der Waals surface area contributed by atoms with Crippen molar-refractivity contribution >= 4 is 11.7 Å². The van der Waals surface area contributed by atoms with Gasteiger partial charge in [-0.1, -0.05) is 30.3 Å². The van der Waals surface area contributed by atoms with E-state index >= 15 is 0 Å². The van der Waals surface area contributed by atoms with Crippen LogP contribution in [0, 0.1) is 0 Å². The van der Waals surface area contributed by atoms with E-state index in [1.165, 1.54) is 0 Å². The van der Waals surface area contributed by atoms with E-state index in [-0.39, 0.29) is 29.6 Å². The monoisotopic (exact) mass is 483 g/mol. The standard InChI is InChI=1S/C28H29N5O3/c1-33-16-22(15-31-33)21-13-24(27(29)30-14-21)28(35)32-25-9-4-10-26(25)36-17-18-5-2-6-19(11-18)20-7-3-8-23(34)12-20/h2-3,5-8,11-16,25-26,34H,4,9-10,17H2,1H3,(H2,29,30)(H,32,35)/t25-,26-/m0/s1. The van der Waals surface area contributed by atoms with Crippen molar-refractivity contribution in [2.24, 2.45) is 7.05 Å². The molecule has 1 aliphatic carbocycles. The van der Waals surface area contributed by atoms with Gasteiger partial charge in [0.15, 0.2) is 0 Å². The van der Waals surface area contributed by atoms with Crippen molar-refractivity contribution in [3.8, 4) is 28.0 Å². The van der Waals surface area contributed by atoms with Crippen LogP contribution in [-0.4, -0.2) is 37.9 Å². The quantitative estimate of drug-likeness (QED) is 0.361. The average molecular weight is 484 g/mol. The normalized spacial score (nSPS) is 17.2. The van der Waals surface area contributed by atoms with Crippen LogP contribution >= 0.6 is 0 Å². The molecule has 2 aromatic carbocycles. The lowest BCUT2D eigenvalue weighted by Gasteiger charge is -2.22. The van der Waals surface area contributed by atoms with Crippen LogP contribution in [0.2, 0.25) is 0 Å². The number of pyridine rings is 1. The number of hydrogen-bond donors (Lipinski definition) is 3. The summed E-state index contributed by atoms with van der Waals surface area (Å²) in [4.78, 5) is 17.4. The molecule has 0 bridgehead atoms.